The first-order valence-corrected chi connectivity index (χ1v) is 7.93. The number of amides is 1. The highest BCUT2D eigenvalue weighted by atomic mass is 79.9. The van der Waals surface area contributed by atoms with Gasteiger partial charge in [-0.15, -0.1) is 0 Å². The van der Waals surface area contributed by atoms with Crippen LogP contribution in [0.25, 0.3) is 11.0 Å². The maximum atomic E-state index is 12.1. The third kappa shape index (κ3) is 3.39. The van der Waals surface area contributed by atoms with Crippen LogP contribution in [0.4, 0.5) is 0 Å². The Balaban J connectivity index is 1.66. The lowest BCUT2D eigenvalue weighted by Gasteiger charge is -2.11. The molecule has 22 heavy (non-hydrogen) atoms. The lowest BCUT2D eigenvalue weighted by atomic mass is 10.1. The number of carbonyl (C=O) groups excluding carboxylic acids is 1. The molecule has 1 aromatic heterocycles. The van der Waals surface area contributed by atoms with Crippen LogP contribution in [0.15, 0.2) is 63.5 Å². The van der Waals surface area contributed by atoms with Crippen molar-refractivity contribution in [2.45, 2.75) is 19.4 Å². The molecule has 0 aliphatic heterocycles. The van der Waals surface area contributed by atoms with Gasteiger partial charge in [0.25, 0.3) is 0 Å². The van der Waals surface area contributed by atoms with Crippen LogP contribution in [0.3, 0.4) is 0 Å². The van der Waals surface area contributed by atoms with Crippen LogP contribution in [0.5, 0.6) is 0 Å². The Bertz CT molecular complexity index is 759. The highest BCUT2D eigenvalue weighted by Crippen LogP contribution is 2.23. The molecule has 4 heteroatoms. The highest BCUT2D eigenvalue weighted by Gasteiger charge is 2.14. The Labute approximate surface area is 137 Å². The summed E-state index contributed by atoms with van der Waals surface area (Å²) in [6.45, 7) is 1.93. The number of fused-ring (bicyclic) bond motifs is 1. The van der Waals surface area contributed by atoms with Crippen LogP contribution < -0.4 is 5.32 Å². The van der Waals surface area contributed by atoms with E-state index in [0.717, 1.165) is 26.8 Å². The van der Waals surface area contributed by atoms with E-state index in [1.165, 1.54) is 0 Å². The van der Waals surface area contributed by atoms with Crippen molar-refractivity contribution in [3.63, 3.8) is 0 Å². The van der Waals surface area contributed by atoms with Gasteiger partial charge in [0.1, 0.15) is 11.3 Å². The van der Waals surface area contributed by atoms with Gasteiger partial charge in [-0.1, -0.05) is 46.3 Å². The summed E-state index contributed by atoms with van der Waals surface area (Å²) in [6.07, 6.45) is 0.359. The minimum atomic E-state index is -0.157. The predicted octanol–water partition coefficient (Wildman–Crippen LogP) is 4.62. The Hall–Kier alpha value is -2.07. The number of benzene rings is 2. The van der Waals surface area contributed by atoms with Gasteiger partial charge < -0.3 is 9.73 Å². The van der Waals surface area contributed by atoms with E-state index in [1.54, 1.807) is 0 Å². The maximum absolute atomic E-state index is 12.1. The first-order chi connectivity index (χ1) is 10.6. The molecule has 2 aromatic carbocycles. The molecule has 1 N–H and O–H groups in total. The van der Waals surface area contributed by atoms with Crippen LogP contribution in [0, 0.1) is 0 Å². The molecule has 1 unspecified atom stereocenters. The summed E-state index contributed by atoms with van der Waals surface area (Å²) >= 11 is 3.39. The lowest BCUT2D eigenvalue weighted by Crippen LogP contribution is -2.27. The average Bonchev–Trinajstić information content (AvgIpc) is 2.93. The zero-order valence-electron chi connectivity index (χ0n) is 12.2. The summed E-state index contributed by atoms with van der Waals surface area (Å²) < 4.78 is 6.78. The molecule has 0 bridgehead atoms. The fraction of sp³-hybridized carbons (Fsp3) is 0.167. The molecule has 0 saturated heterocycles. The largest absolute Gasteiger partial charge is 0.459 e. The number of carbonyl (C=O) groups is 1. The monoisotopic (exact) mass is 357 g/mol. The Kier molecular flexibility index (Phi) is 4.29. The summed E-state index contributed by atoms with van der Waals surface area (Å²) in [5.74, 6) is 0.751. The fourth-order valence-corrected chi connectivity index (χ4v) is 2.63. The summed E-state index contributed by atoms with van der Waals surface area (Å²) in [4.78, 5) is 12.1. The first-order valence-electron chi connectivity index (χ1n) is 7.14. The second-order valence-corrected chi connectivity index (χ2v) is 6.19. The molecule has 0 fully saturated rings. The molecule has 0 radical (unpaired) electrons. The van der Waals surface area contributed by atoms with Gasteiger partial charge in [-0.25, -0.2) is 0 Å². The average molecular weight is 358 g/mol. The Morgan fingerprint density at radius 1 is 1.18 bits per heavy atom. The van der Waals surface area contributed by atoms with E-state index in [-0.39, 0.29) is 11.9 Å². The van der Waals surface area contributed by atoms with E-state index in [2.05, 4.69) is 21.2 Å². The highest BCUT2D eigenvalue weighted by molar-refractivity contribution is 9.10. The van der Waals surface area contributed by atoms with Crippen molar-refractivity contribution in [1.29, 1.82) is 0 Å². The van der Waals surface area contributed by atoms with Crippen LogP contribution in [0.1, 0.15) is 24.3 Å². The summed E-state index contributed by atoms with van der Waals surface area (Å²) in [5.41, 5.74) is 1.82. The number of furan rings is 1. The van der Waals surface area contributed by atoms with Gasteiger partial charge in [0, 0.05) is 9.86 Å². The van der Waals surface area contributed by atoms with Crippen molar-refractivity contribution < 1.29 is 9.21 Å². The number of hydrogen-bond acceptors (Lipinski definition) is 2. The Morgan fingerprint density at radius 2 is 1.91 bits per heavy atom. The number of nitrogens with one attached hydrogen (secondary N) is 1. The third-order valence-corrected chi connectivity index (χ3v) is 4.06. The maximum Gasteiger partial charge on any atom is 0.224 e. The van der Waals surface area contributed by atoms with Crippen molar-refractivity contribution in [3.05, 3.63) is 70.4 Å². The Morgan fingerprint density at radius 3 is 2.64 bits per heavy atom. The zero-order chi connectivity index (χ0) is 15.5. The van der Waals surface area contributed by atoms with Crippen LogP contribution in [0.2, 0.25) is 0 Å². The molecule has 1 atom stereocenters. The number of para-hydroxylation sites is 1. The van der Waals surface area contributed by atoms with E-state index in [9.17, 15) is 4.79 Å². The quantitative estimate of drug-likeness (QED) is 0.740. The van der Waals surface area contributed by atoms with Crippen molar-refractivity contribution >= 4 is 32.8 Å². The number of rotatable bonds is 4. The van der Waals surface area contributed by atoms with Crippen LogP contribution in [-0.4, -0.2) is 5.91 Å². The minimum absolute atomic E-state index is 0.0183. The molecule has 0 saturated carbocycles. The molecule has 3 nitrogen and oxygen atoms in total. The number of halogens is 1. The van der Waals surface area contributed by atoms with Crippen molar-refractivity contribution in [2.75, 3.05) is 0 Å². The van der Waals surface area contributed by atoms with Crippen molar-refractivity contribution in [1.82, 2.24) is 5.32 Å². The van der Waals surface area contributed by atoms with Crippen molar-refractivity contribution in [2.24, 2.45) is 0 Å². The number of hydrogen-bond donors (Lipinski definition) is 1. The standard InChI is InChI=1S/C18H16BrNO2/c1-12(17-11-14-4-2-3-5-16(14)22-17)20-18(21)10-13-6-8-15(19)9-7-13/h2-9,11-12H,10H2,1H3,(H,20,21). The van der Waals surface area contributed by atoms with E-state index >= 15 is 0 Å². The van der Waals surface area contributed by atoms with Gasteiger partial charge in [0.2, 0.25) is 5.91 Å². The molecular weight excluding hydrogens is 342 g/mol. The van der Waals surface area contributed by atoms with Crippen molar-refractivity contribution in [3.8, 4) is 0 Å². The van der Waals surface area contributed by atoms with Crippen LogP contribution in [-0.2, 0) is 11.2 Å². The first kappa shape index (κ1) is 14.9. The SMILES string of the molecule is CC(NC(=O)Cc1ccc(Br)cc1)c1cc2ccccc2o1. The second kappa shape index (κ2) is 6.36. The predicted molar refractivity (Wildman–Crippen MR) is 90.6 cm³/mol. The summed E-state index contributed by atoms with van der Waals surface area (Å²) in [7, 11) is 0. The third-order valence-electron chi connectivity index (χ3n) is 3.53. The zero-order valence-corrected chi connectivity index (χ0v) is 13.8. The van der Waals surface area contributed by atoms with Gasteiger partial charge in [-0.2, -0.15) is 0 Å². The normalized spacial score (nSPS) is 12.3. The smallest absolute Gasteiger partial charge is 0.224 e. The van der Waals surface area contributed by atoms with E-state index < -0.39 is 0 Å². The summed E-state index contributed by atoms with van der Waals surface area (Å²) in [5, 5.41) is 4.02. The lowest BCUT2D eigenvalue weighted by molar-refractivity contribution is -0.121. The minimum Gasteiger partial charge on any atom is -0.459 e. The van der Waals surface area contributed by atoms with Gasteiger partial charge in [-0.3, -0.25) is 4.79 Å². The fourth-order valence-electron chi connectivity index (χ4n) is 2.37. The van der Waals surface area contributed by atoms with E-state index in [1.807, 2.05) is 61.5 Å². The molecule has 3 aromatic rings. The molecule has 112 valence electrons. The second-order valence-electron chi connectivity index (χ2n) is 5.28. The molecule has 0 aliphatic rings. The van der Waals surface area contributed by atoms with E-state index in [0.29, 0.717) is 6.42 Å². The van der Waals surface area contributed by atoms with E-state index in [4.69, 9.17) is 4.42 Å². The summed E-state index contributed by atoms with van der Waals surface area (Å²) in [6, 6.07) is 17.4. The van der Waals surface area contributed by atoms with Gasteiger partial charge >= 0.3 is 0 Å². The molecule has 3 rings (SSSR count). The topological polar surface area (TPSA) is 42.2 Å². The molecular formula is C18H16BrNO2. The molecule has 0 aliphatic carbocycles. The van der Waals surface area contributed by atoms with Gasteiger partial charge in [0.05, 0.1) is 12.5 Å². The van der Waals surface area contributed by atoms with Crippen LogP contribution >= 0.6 is 15.9 Å². The molecule has 1 heterocycles. The molecule has 0 spiro atoms. The molecule has 1 amide bonds. The van der Waals surface area contributed by atoms with Gasteiger partial charge in [0.15, 0.2) is 0 Å². The van der Waals surface area contributed by atoms with Gasteiger partial charge in [-0.05, 0) is 36.8 Å².